The van der Waals surface area contributed by atoms with Gasteiger partial charge in [0.25, 0.3) is 0 Å². The summed E-state index contributed by atoms with van der Waals surface area (Å²) in [6.07, 6.45) is 3.02. The molecule has 0 saturated carbocycles. The Kier molecular flexibility index (Phi) is 6.40. The maximum absolute atomic E-state index is 13.3. The molecule has 1 fully saturated rings. The van der Waals surface area contributed by atoms with Crippen LogP contribution in [-0.2, 0) is 14.8 Å². The Balaban J connectivity index is 1.95. The molecule has 2 aromatic rings. The maximum Gasteiger partial charge on any atom is 0.243 e. The van der Waals surface area contributed by atoms with Crippen LogP contribution in [0.4, 0.5) is 0 Å². The zero-order valence-corrected chi connectivity index (χ0v) is 17.2. The predicted molar refractivity (Wildman–Crippen MR) is 108 cm³/mol. The van der Waals surface area contributed by atoms with Crippen molar-refractivity contribution >= 4 is 20.8 Å². The van der Waals surface area contributed by atoms with Gasteiger partial charge in [-0.2, -0.15) is 4.31 Å². The summed E-state index contributed by atoms with van der Waals surface area (Å²) in [4.78, 5) is 0.334. The highest BCUT2D eigenvalue weighted by Gasteiger charge is 2.33. The van der Waals surface area contributed by atoms with Crippen LogP contribution in [0.5, 0.6) is 5.75 Å². The lowest BCUT2D eigenvalue weighted by Crippen LogP contribution is -2.48. The molecule has 0 amide bonds. The number of unbranched alkanes of at least 4 members (excludes halogenated alkanes) is 2. The van der Waals surface area contributed by atoms with Crippen LogP contribution in [0.3, 0.4) is 0 Å². The highest BCUT2D eigenvalue weighted by Crippen LogP contribution is 2.33. The molecule has 0 spiro atoms. The van der Waals surface area contributed by atoms with Crippen molar-refractivity contribution in [3.05, 3.63) is 36.4 Å². The SMILES string of the molecule is CCCCCOc1ccc(S(=O)(=O)N2CC(C)OC(C)C2)c2ccccc12. The van der Waals surface area contributed by atoms with E-state index in [1.165, 1.54) is 4.31 Å². The molecule has 3 rings (SSSR count). The Labute approximate surface area is 162 Å². The summed E-state index contributed by atoms with van der Waals surface area (Å²) in [6, 6.07) is 11.0. The van der Waals surface area contributed by atoms with Gasteiger partial charge < -0.3 is 9.47 Å². The van der Waals surface area contributed by atoms with Crippen LogP contribution in [0.1, 0.15) is 40.0 Å². The molecule has 2 atom stereocenters. The number of ether oxygens (including phenoxy) is 2. The second-order valence-corrected chi connectivity index (χ2v) is 9.15. The lowest BCUT2D eigenvalue weighted by molar-refractivity contribution is -0.0440. The van der Waals surface area contributed by atoms with Gasteiger partial charge in [-0.05, 0) is 32.4 Å². The topological polar surface area (TPSA) is 55.8 Å². The van der Waals surface area contributed by atoms with E-state index < -0.39 is 10.0 Å². The maximum atomic E-state index is 13.3. The highest BCUT2D eigenvalue weighted by atomic mass is 32.2. The zero-order valence-electron chi connectivity index (χ0n) is 16.3. The fourth-order valence-corrected chi connectivity index (χ4v) is 5.38. The fourth-order valence-electron chi connectivity index (χ4n) is 3.59. The van der Waals surface area contributed by atoms with E-state index in [-0.39, 0.29) is 12.2 Å². The van der Waals surface area contributed by atoms with E-state index in [2.05, 4.69) is 6.92 Å². The van der Waals surface area contributed by atoms with Gasteiger partial charge in [0, 0.05) is 23.9 Å². The smallest absolute Gasteiger partial charge is 0.243 e. The van der Waals surface area contributed by atoms with Gasteiger partial charge in [0.15, 0.2) is 0 Å². The number of benzene rings is 2. The summed E-state index contributed by atoms with van der Waals surface area (Å²) in [5, 5.41) is 1.54. The number of fused-ring (bicyclic) bond motifs is 1. The predicted octanol–water partition coefficient (Wildman–Crippen LogP) is 4.21. The average molecular weight is 392 g/mol. The Morgan fingerprint density at radius 3 is 2.37 bits per heavy atom. The Morgan fingerprint density at radius 2 is 1.70 bits per heavy atom. The highest BCUT2D eigenvalue weighted by molar-refractivity contribution is 7.89. The lowest BCUT2D eigenvalue weighted by atomic mass is 10.1. The van der Waals surface area contributed by atoms with Crippen molar-refractivity contribution in [3.8, 4) is 5.75 Å². The third-order valence-corrected chi connectivity index (χ3v) is 6.74. The number of hydrogen-bond donors (Lipinski definition) is 0. The minimum absolute atomic E-state index is 0.115. The average Bonchev–Trinajstić information content (AvgIpc) is 2.64. The monoisotopic (exact) mass is 391 g/mol. The van der Waals surface area contributed by atoms with Crippen LogP contribution in [-0.4, -0.2) is 44.6 Å². The van der Waals surface area contributed by atoms with Gasteiger partial charge in [0.1, 0.15) is 5.75 Å². The van der Waals surface area contributed by atoms with E-state index in [0.717, 1.165) is 30.4 Å². The van der Waals surface area contributed by atoms with Gasteiger partial charge in [-0.1, -0.05) is 44.0 Å². The van der Waals surface area contributed by atoms with Gasteiger partial charge in [-0.15, -0.1) is 0 Å². The minimum atomic E-state index is -3.60. The van der Waals surface area contributed by atoms with Crippen molar-refractivity contribution in [2.75, 3.05) is 19.7 Å². The molecular formula is C21H29NO4S. The number of sulfonamides is 1. The largest absolute Gasteiger partial charge is 0.493 e. The lowest BCUT2D eigenvalue weighted by Gasteiger charge is -2.34. The molecule has 0 N–H and O–H groups in total. The Bertz CT molecular complexity index is 871. The molecule has 27 heavy (non-hydrogen) atoms. The van der Waals surface area contributed by atoms with E-state index in [1.807, 2.05) is 38.1 Å². The Hall–Kier alpha value is -1.63. The molecule has 0 aliphatic carbocycles. The van der Waals surface area contributed by atoms with E-state index in [9.17, 15) is 8.42 Å². The first-order chi connectivity index (χ1) is 12.9. The van der Waals surface area contributed by atoms with Crippen LogP contribution in [0.15, 0.2) is 41.3 Å². The first-order valence-corrected chi connectivity index (χ1v) is 11.2. The molecule has 1 saturated heterocycles. The third-order valence-electron chi connectivity index (χ3n) is 4.85. The van der Waals surface area contributed by atoms with Crippen LogP contribution in [0.2, 0.25) is 0 Å². The van der Waals surface area contributed by atoms with Crippen molar-refractivity contribution < 1.29 is 17.9 Å². The summed E-state index contributed by atoms with van der Waals surface area (Å²) >= 11 is 0. The standard InChI is InChI=1S/C21H29NO4S/c1-4-5-8-13-25-20-11-12-21(19-10-7-6-9-18(19)20)27(23,24)22-14-16(2)26-17(3)15-22/h6-7,9-12,16-17H,4-5,8,13-15H2,1-3H3. The minimum Gasteiger partial charge on any atom is -0.493 e. The number of rotatable bonds is 7. The number of hydrogen-bond acceptors (Lipinski definition) is 4. The van der Waals surface area contributed by atoms with E-state index in [0.29, 0.717) is 30.0 Å². The normalized spacial score (nSPS) is 21.4. The molecule has 1 aliphatic heterocycles. The second kappa shape index (κ2) is 8.59. The molecule has 0 aromatic heterocycles. The van der Waals surface area contributed by atoms with E-state index in [4.69, 9.17) is 9.47 Å². The molecule has 5 nitrogen and oxygen atoms in total. The second-order valence-electron chi connectivity index (χ2n) is 7.24. The van der Waals surface area contributed by atoms with Crippen LogP contribution in [0, 0.1) is 0 Å². The summed E-state index contributed by atoms with van der Waals surface area (Å²) in [7, 11) is -3.60. The summed E-state index contributed by atoms with van der Waals surface area (Å²) < 4.78 is 39.8. The molecule has 1 aliphatic rings. The van der Waals surface area contributed by atoms with Gasteiger partial charge in [-0.25, -0.2) is 8.42 Å². The van der Waals surface area contributed by atoms with Crippen LogP contribution >= 0.6 is 0 Å². The first-order valence-electron chi connectivity index (χ1n) is 9.73. The van der Waals surface area contributed by atoms with Crippen molar-refractivity contribution in [3.63, 3.8) is 0 Å². The molecule has 1 heterocycles. The van der Waals surface area contributed by atoms with Gasteiger partial charge in [0.2, 0.25) is 10.0 Å². The number of morpholine rings is 1. The molecule has 148 valence electrons. The van der Waals surface area contributed by atoms with Gasteiger partial charge in [0.05, 0.1) is 23.7 Å². The van der Waals surface area contributed by atoms with Crippen molar-refractivity contribution in [1.29, 1.82) is 0 Å². The van der Waals surface area contributed by atoms with E-state index >= 15 is 0 Å². The molecule has 2 aromatic carbocycles. The summed E-state index contributed by atoms with van der Waals surface area (Å²) in [5.41, 5.74) is 0. The first kappa shape index (κ1) is 20.1. The molecule has 0 bridgehead atoms. The summed E-state index contributed by atoms with van der Waals surface area (Å²) in [6.45, 7) is 7.35. The van der Waals surface area contributed by atoms with Crippen LogP contribution < -0.4 is 4.74 Å². The molecule has 2 unspecified atom stereocenters. The third kappa shape index (κ3) is 4.45. The fraction of sp³-hybridized carbons (Fsp3) is 0.524. The van der Waals surface area contributed by atoms with Gasteiger partial charge in [-0.3, -0.25) is 0 Å². The van der Waals surface area contributed by atoms with Gasteiger partial charge >= 0.3 is 0 Å². The van der Waals surface area contributed by atoms with Crippen molar-refractivity contribution in [2.24, 2.45) is 0 Å². The van der Waals surface area contributed by atoms with E-state index in [1.54, 1.807) is 12.1 Å². The molecule has 0 radical (unpaired) electrons. The van der Waals surface area contributed by atoms with Crippen molar-refractivity contribution in [1.82, 2.24) is 4.31 Å². The van der Waals surface area contributed by atoms with Crippen LogP contribution in [0.25, 0.3) is 10.8 Å². The molecule has 6 heteroatoms. The quantitative estimate of drug-likeness (QED) is 0.664. The number of nitrogens with zero attached hydrogens (tertiary/aromatic N) is 1. The Morgan fingerprint density at radius 1 is 1.04 bits per heavy atom. The molecular weight excluding hydrogens is 362 g/mol. The zero-order chi connectivity index (χ0) is 19.4. The summed E-state index contributed by atoms with van der Waals surface area (Å²) in [5.74, 6) is 0.740. The van der Waals surface area contributed by atoms with Crippen molar-refractivity contribution in [2.45, 2.75) is 57.1 Å².